The van der Waals surface area contributed by atoms with E-state index < -0.39 is 0 Å². The predicted molar refractivity (Wildman–Crippen MR) is 82.0 cm³/mol. The summed E-state index contributed by atoms with van der Waals surface area (Å²) in [5, 5.41) is 11.3. The van der Waals surface area contributed by atoms with Gasteiger partial charge in [-0.3, -0.25) is 4.98 Å². The molecule has 1 aliphatic heterocycles. The van der Waals surface area contributed by atoms with Crippen molar-refractivity contribution in [3.05, 3.63) is 36.3 Å². The summed E-state index contributed by atoms with van der Waals surface area (Å²) in [6, 6.07) is 5.84. The topological polar surface area (TPSA) is 66.8 Å². The molecule has 1 N–H and O–H groups in total. The molecule has 2 aromatic heterocycles. The van der Waals surface area contributed by atoms with E-state index in [0.29, 0.717) is 18.4 Å². The van der Waals surface area contributed by atoms with Crippen molar-refractivity contribution in [2.24, 2.45) is 5.92 Å². The molecule has 21 heavy (non-hydrogen) atoms. The Balaban J connectivity index is 1.65. The summed E-state index contributed by atoms with van der Waals surface area (Å²) in [6.45, 7) is 4.96. The molecule has 0 bridgehead atoms. The smallest absolute Gasteiger partial charge is 0.245 e. The van der Waals surface area contributed by atoms with E-state index in [-0.39, 0.29) is 0 Å². The molecule has 1 unspecified atom stereocenters. The van der Waals surface area contributed by atoms with Crippen molar-refractivity contribution < 1.29 is 0 Å². The molecule has 6 heteroatoms. The second-order valence-corrected chi connectivity index (χ2v) is 5.51. The van der Waals surface area contributed by atoms with Crippen molar-refractivity contribution >= 4 is 11.8 Å². The first kappa shape index (κ1) is 13.7. The fourth-order valence-corrected chi connectivity index (χ4v) is 2.59. The van der Waals surface area contributed by atoms with E-state index in [1.165, 1.54) is 12.8 Å². The van der Waals surface area contributed by atoms with Crippen LogP contribution in [0.1, 0.15) is 25.5 Å². The van der Waals surface area contributed by atoms with Crippen molar-refractivity contribution in [2.45, 2.75) is 26.3 Å². The molecule has 0 aliphatic carbocycles. The minimum Gasteiger partial charge on any atom is -0.355 e. The van der Waals surface area contributed by atoms with Gasteiger partial charge in [0.25, 0.3) is 0 Å². The van der Waals surface area contributed by atoms with E-state index in [0.717, 1.165) is 24.6 Å². The zero-order valence-electron chi connectivity index (χ0n) is 12.2. The highest BCUT2D eigenvalue weighted by atomic mass is 15.3. The number of aromatic nitrogens is 4. The van der Waals surface area contributed by atoms with Crippen LogP contribution in [0, 0.1) is 5.92 Å². The van der Waals surface area contributed by atoms with Crippen LogP contribution >= 0.6 is 0 Å². The molecule has 0 aromatic carbocycles. The van der Waals surface area contributed by atoms with Crippen LogP contribution in [-0.4, -0.2) is 33.3 Å². The van der Waals surface area contributed by atoms with Gasteiger partial charge in [0.2, 0.25) is 5.95 Å². The summed E-state index contributed by atoms with van der Waals surface area (Å²) in [5.74, 6) is 2.16. The van der Waals surface area contributed by atoms with Gasteiger partial charge in [-0.15, -0.1) is 5.10 Å². The molecule has 110 valence electrons. The first-order chi connectivity index (χ1) is 10.3. The number of rotatable bonds is 4. The Hall–Kier alpha value is -2.24. The number of nitrogens with one attached hydrogen (secondary N) is 1. The SMILES string of the molecule is CC1CCCN(c2cnnc(NCc3ccccn3)n2)C1. The third-order valence-electron chi connectivity index (χ3n) is 3.68. The van der Waals surface area contributed by atoms with Crippen LogP contribution < -0.4 is 10.2 Å². The Morgan fingerprint density at radius 3 is 3.14 bits per heavy atom. The summed E-state index contributed by atoms with van der Waals surface area (Å²) in [7, 11) is 0. The van der Waals surface area contributed by atoms with Gasteiger partial charge in [0.15, 0.2) is 5.82 Å². The summed E-state index contributed by atoms with van der Waals surface area (Å²) in [4.78, 5) is 11.1. The van der Waals surface area contributed by atoms with Crippen LogP contribution in [-0.2, 0) is 6.54 Å². The molecule has 0 saturated carbocycles. The second-order valence-electron chi connectivity index (χ2n) is 5.51. The van der Waals surface area contributed by atoms with E-state index >= 15 is 0 Å². The van der Waals surface area contributed by atoms with Crippen LogP contribution in [0.25, 0.3) is 0 Å². The van der Waals surface area contributed by atoms with E-state index in [9.17, 15) is 0 Å². The average molecular weight is 284 g/mol. The van der Waals surface area contributed by atoms with Gasteiger partial charge in [0.1, 0.15) is 0 Å². The van der Waals surface area contributed by atoms with Crippen molar-refractivity contribution in [2.75, 3.05) is 23.3 Å². The molecule has 1 aliphatic rings. The van der Waals surface area contributed by atoms with Gasteiger partial charge < -0.3 is 10.2 Å². The highest BCUT2D eigenvalue weighted by Crippen LogP contribution is 2.20. The lowest BCUT2D eigenvalue weighted by atomic mass is 10.0. The molecular weight excluding hydrogens is 264 g/mol. The van der Waals surface area contributed by atoms with E-state index in [1.54, 1.807) is 12.4 Å². The molecule has 0 spiro atoms. The maximum Gasteiger partial charge on any atom is 0.245 e. The molecule has 1 atom stereocenters. The molecule has 0 amide bonds. The van der Waals surface area contributed by atoms with Crippen molar-refractivity contribution in [1.82, 2.24) is 20.2 Å². The van der Waals surface area contributed by atoms with Gasteiger partial charge in [-0.1, -0.05) is 13.0 Å². The van der Waals surface area contributed by atoms with Gasteiger partial charge in [-0.25, -0.2) is 0 Å². The molecule has 6 nitrogen and oxygen atoms in total. The summed E-state index contributed by atoms with van der Waals surface area (Å²) >= 11 is 0. The fraction of sp³-hybridized carbons (Fsp3) is 0.467. The second kappa shape index (κ2) is 6.47. The summed E-state index contributed by atoms with van der Waals surface area (Å²) < 4.78 is 0. The molecule has 1 saturated heterocycles. The number of pyridine rings is 1. The van der Waals surface area contributed by atoms with Crippen LogP contribution in [0.2, 0.25) is 0 Å². The lowest BCUT2D eigenvalue weighted by molar-refractivity contribution is 0.444. The van der Waals surface area contributed by atoms with E-state index in [4.69, 9.17) is 0 Å². The van der Waals surface area contributed by atoms with E-state index in [2.05, 4.69) is 37.3 Å². The highest BCUT2D eigenvalue weighted by Gasteiger charge is 2.18. The van der Waals surface area contributed by atoms with Crippen molar-refractivity contribution in [3.8, 4) is 0 Å². The van der Waals surface area contributed by atoms with Crippen LogP contribution in [0.15, 0.2) is 30.6 Å². The quantitative estimate of drug-likeness (QED) is 0.927. The third kappa shape index (κ3) is 3.65. The first-order valence-electron chi connectivity index (χ1n) is 7.40. The Kier molecular flexibility index (Phi) is 4.23. The fourth-order valence-electron chi connectivity index (χ4n) is 2.59. The largest absolute Gasteiger partial charge is 0.355 e. The number of nitrogens with zero attached hydrogens (tertiary/aromatic N) is 5. The van der Waals surface area contributed by atoms with E-state index in [1.807, 2.05) is 18.2 Å². The lowest BCUT2D eigenvalue weighted by Crippen LogP contribution is -2.35. The number of hydrogen-bond donors (Lipinski definition) is 1. The van der Waals surface area contributed by atoms with Gasteiger partial charge in [0, 0.05) is 19.3 Å². The summed E-state index contributed by atoms with van der Waals surface area (Å²) in [6.07, 6.45) is 6.02. The lowest BCUT2D eigenvalue weighted by Gasteiger charge is -2.31. The minimum absolute atomic E-state index is 0.552. The van der Waals surface area contributed by atoms with Gasteiger partial charge in [-0.2, -0.15) is 10.1 Å². The molecule has 1 fully saturated rings. The number of anilines is 2. The molecular formula is C15H20N6. The van der Waals surface area contributed by atoms with Crippen LogP contribution in [0.5, 0.6) is 0 Å². The standard InChI is InChI=1S/C15H20N6/c1-12-5-4-8-21(11-12)14-10-18-20-15(19-14)17-9-13-6-2-3-7-16-13/h2-3,6-7,10,12H,4-5,8-9,11H2,1H3,(H,17,19,20). The Morgan fingerprint density at radius 2 is 2.33 bits per heavy atom. The molecule has 0 radical (unpaired) electrons. The van der Waals surface area contributed by atoms with Gasteiger partial charge in [-0.05, 0) is 30.9 Å². The maximum absolute atomic E-state index is 4.56. The zero-order valence-corrected chi connectivity index (χ0v) is 12.2. The Bertz CT molecular complexity index is 573. The van der Waals surface area contributed by atoms with Gasteiger partial charge in [0.05, 0.1) is 18.4 Å². The Morgan fingerprint density at radius 1 is 1.38 bits per heavy atom. The first-order valence-corrected chi connectivity index (χ1v) is 7.40. The average Bonchev–Trinajstić information content (AvgIpc) is 2.54. The molecule has 2 aromatic rings. The minimum atomic E-state index is 0.552. The van der Waals surface area contributed by atoms with Crippen LogP contribution in [0.3, 0.4) is 0 Å². The monoisotopic (exact) mass is 284 g/mol. The Labute approximate surface area is 124 Å². The van der Waals surface area contributed by atoms with Crippen LogP contribution in [0.4, 0.5) is 11.8 Å². The molecule has 3 heterocycles. The summed E-state index contributed by atoms with van der Waals surface area (Å²) in [5.41, 5.74) is 0.957. The highest BCUT2D eigenvalue weighted by molar-refractivity contribution is 5.40. The third-order valence-corrected chi connectivity index (χ3v) is 3.68. The number of hydrogen-bond acceptors (Lipinski definition) is 6. The van der Waals surface area contributed by atoms with Crippen molar-refractivity contribution in [1.29, 1.82) is 0 Å². The molecule has 3 rings (SSSR count). The zero-order chi connectivity index (χ0) is 14.5. The maximum atomic E-state index is 4.56. The number of piperidine rings is 1. The normalized spacial score (nSPS) is 18.5. The van der Waals surface area contributed by atoms with Gasteiger partial charge >= 0.3 is 0 Å². The predicted octanol–water partition coefficient (Wildman–Crippen LogP) is 2.11. The van der Waals surface area contributed by atoms with Crippen molar-refractivity contribution in [3.63, 3.8) is 0 Å².